The van der Waals surface area contributed by atoms with E-state index in [1.807, 2.05) is 67.6 Å². The minimum absolute atomic E-state index is 0.0688. The maximum Gasteiger partial charge on any atom is 0.251 e. The van der Waals surface area contributed by atoms with Crippen molar-refractivity contribution in [1.29, 1.82) is 0 Å². The Morgan fingerprint density at radius 3 is 2.32 bits per heavy atom. The molecule has 3 saturated heterocycles. The molecule has 3 aliphatic rings. The van der Waals surface area contributed by atoms with Gasteiger partial charge in [0.15, 0.2) is 0 Å². The van der Waals surface area contributed by atoms with Crippen LogP contribution in [0.25, 0.3) is 0 Å². The number of aliphatic hydroxyl groups is 1. The van der Waals surface area contributed by atoms with Gasteiger partial charge in [0.1, 0.15) is 11.8 Å². The van der Waals surface area contributed by atoms with Gasteiger partial charge in [-0.05, 0) is 67.6 Å². The molecule has 262 valence electrons. The van der Waals surface area contributed by atoms with Crippen LogP contribution in [0.5, 0.6) is 5.75 Å². The van der Waals surface area contributed by atoms with Crippen LogP contribution < -0.4 is 14.5 Å². The zero-order valence-corrected chi connectivity index (χ0v) is 30.1. The van der Waals surface area contributed by atoms with Crippen molar-refractivity contribution in [3.8, 4) is 5.75 Å². The summed E-state index contributed by atoms with van der Waals surface area (Å²) in [6.45, 7) is 12.4. The average molecular weight is 714 g/mol. The lowest BCUT2D eigenvalue weighted by molar-refractivity contribution is -0.141. The largest absolute Gasteiger partial charge is 0.494 e. The molecule has 3 aromatic carbocycles. The highest BCUT2D eigenvalue weighted by Gasteiger charge is 2.77. The molecule has 2 bridgehead atoms. The number of rotatable bonds is 14. The molecule has 0 saturated carbocycles. The van der Waals surface area contributed by atoms with E-state index in [0.29, 0.717) is 41.6 Å². The van der Waals surface area contributed by atoms with Gasteiger partial charge >= 0.3 is 0 Å². The van der Waals surface area contributed by atoms with E-state index >= 15 is 9.59 Å². The molecule has 0 aliphatic carbocycles. The quantitative estimate of drug-likeness (QED) is 0.194. The number of hydrogen-bond donors (Lipinski definition) is 1. The first-order valence-corrected chi connectivity index (χ1v) is 18.4. The Morgan fingerprint density at radius 2 is 1.68 bits per heavy atom. The highest BCUT2D eigenvalue weighted by molar-refractivity contribution is 8.02. The molecule has 10 heteroatoms. The Hall–Kier alpha value is -4.05. The third kappa shape index (κ3) is 6.14. The number of fused-ring (bicyclic) bond motifs is 1. The number of hydrogen-bond acceptors (Lipinski definition) is 6. The molecule has 7 atom stereocenters. The Bertz CT molecular complexity index is 1740. The number of carbonyl (C=O) groups is 3. The van der Waals surface area contributed by atoms with Crippen molar-refractivity contribution in [3.63, 3.8) is 0 Å². The third-order valence-corrected chi connectivity index (χ3v) is 12.8. The molecule has 3 unspecified atom stereocenters. The van der Waals surface area contributed by atoms with Gasteiger partial charge < -0.3 is 24.5 Å². The van der Waals surface area contributed by atoms with Crippen molar-refractivity contribution in [2.24, 2.45) is 17.8 Å². The summed E-state index contributed by atoms with van der Waals surface area (Å²) >= 11 is 8.28. The monoisotopic (exact) mass is 713 g/mol. The number of thioether (sulfide) groups is 1. The standard InChI is InChI=1S/C40H44ClN3O5S/c1-5-21-42(28-17-19-30(20-18-28)49-7-3)37(46)34-33-23-26(4)40(50-33)35(34)38(47)44(29(25-45)24-27-13-9-8-10-14-27)36(40)39(48)43(22-6-2)32-16-12-11-15-31(32)41/h5-6,8-20,26,29,33-36,45H,1-2,7,21-25H2,3-4H3/t26?,29-,33+,34-,35+,36?,40?/m1/s1. The van der Waals surface area contributed by atoms with Gasteiger partial charge in [-0.2, -0.15) is 0 Å². The third-order valence-electron chi connectivity index (χ3n) is 10.4. The number of nitrogens with zero attached hydrogens (tertiary/aromatic N) is 3. The fourth-order valence-corrected chi connectivity index (χ4v) is 11.0. The lowest BCUT2D eigenvalue weighted by Crippen LogP contribution is -2.60. The minimum Gasteiger partial charge on any atom is -0.494 e. The number of benzene rings is 3. The minimum atomic E-state index is -0.960. The lowest BCUT2D eigenvalue weighted by Gasteiger charge is -2.42. The molecule has 3 fully saturated rings. The molecule has 3 heterocycles. The second-order valence-electron chi connectivity index (χ2n) is 13.2. The van der Waals surface area contributed by atoms with E-state index < -0.39 is 28.7 Å². The van der Waals surface area contributed by atoms with Gasteiger partial charge in [0.2, 0.25) is 11.8 Å². The van der Waals surface area contributed by atoms with Crippen molar-refractivity contribution < 1.29 is 24.2 Å². The number of anilines is 2. The van der Waals surface area contributed by atoms with Crippen LogP contribution in [0.15, 0.2) is 104 Å². The van der Waals surface area contributed by atoms with Gasteiger partial charge in [-0.25, -0.2) is 0 Å². The SMILES string of the molecule is C=CCN(C(=O)[C@@H]1[C@@H]2CC(C)C3(S2)C(C(=O)N(CC=C)c2ccccc2Cl)N([C@@H](CO)Cc2ccccc2)C(=O)[C@H]13)c1ccc(OCC)cc1. The van der Waals surface area contributed by atoms with Gasteiger partial charge in [-0.1, -0.05) is 73.1 Å². The van der Waals surface area contributed by atoms with Crippen LogP contribution in [0.1, 0.15) is 25.8 Å². The van der Waals surface area contributed by atoms with Crippen LogP contribution in [0.3, 0.4) is 0 Å². The van der Waals surface area contributed by atoms with E-state index in [2.05, 4.69) is 20.1 Å². The zero-order valence-electron chi connectivity index (χ0n) is 28.5. The Balaban J connectivity index is 1.46. The Morgan fingerprint density at radius 1 is 1.02 bits per heavy atom. The first-order valence-electron chi connectivity index (χ1n) is 17.2. The van der Waals surface area contributed by atoms with Crippen LogP contribution in [0, 0.1) is 17.8 Å². The van der Waals surface area contributed by atoms with Crippen LogP contribution in [0.4, 0.5) is 11.4 Å². The van der Waals surface area contributed by atoms with Gasteiger partial charge in [-0.15, -0.1) is 24.9 Å². The number of para-hydroxylation sites is 1. The normalized spacial score (nSPS) is 25.6. The summed E-state index contributed by atoms with van der Waals surface area (Å²) in [6.07, 6.45) is 4.34. The van der Waals surface area contributed by atoms with Gasteiger partial charge in [0.05, 0.1) is 46.5 Å². The van der Waals surface area contributed by atoms with Gasteiger partial charge in [0, 0.05) is 24.0 Å². The van der Waals surface area contributed by atoms with Crippen molar-refractivity contribution >= 4 is 52.5 Å². The van der Waals surface area contributed by atoms with E-state index in [0.717, 1.165) is 5.56 Å². The second kappa shape index (κ2) is 15.1. The molecule has 0 radical (unpaired) electrons. The zero-order chi connectivity index (χ0) is 35.6. The summed E-state index contributed by atoms with van der Waals surface area (Å²) in [5.74, 6) is -1.59. The summed E-state index contributed by atoms with van der Waals surface area (Å²) < 4.78 is 4.72. The molecule has 3 aromatic rings. The fraction of sp³-hybridized carbons (Fsp3) is 0.375. The Kier molecular flexibility index (Phi) is 10.8. The second-order valence-corrected chi connectivity index (χ2v) is 15.1. The van der Waals surface area contributed by atoms with Crippen molar-refractivity contribution in [1.82, 2.24) is 4.90 Å². The molecule has 8 nitrogen and oxygen atoms in total. The molecule has 1 N–H and O–H groups in total. The summed E-state index contributed by atoms with van der Waals surface area (Å²) in [6, 6.07) is 22.5. The highest BCUT2D eigenvalue weighted by Crippen LogP contribution is 2.69. The smallest absolute Gasteiger partial charge is 0.251 e. The van der Waals surface area contributed by atoms with E-state index in [4.69, 9.17) is 16.3 Å². The van der Waals surface area contributed by atoms with Crippen LogP contribution in [-0.2, 0) is 20.8 Å². The van der Waals surface area contributed by atoms with Crippen LogP contribution in [-0.4, -0.2) is 76.1 Å². The van der Waals surface area contributed by atoms with Crippen molar-refractivity contribution in [2.45, 2.75) is 48.8 Å². The summed E-state index contributed by atoms with van der Waals surface area (Å²) in [7, 11) is 0. The molecule has 3 aliphatic heterocycles. The summed E-state index contributed by atoms with van der Waals surface area (Å²) in [5.41, 5.74) is 2.12. The molecule has 3 amide bonds. The molecule has 1 spiro atoms. The molecule has 50 heavy (non-hydrogen) atoms. The van der Waals surface area contributed by atoms with Crippen LogP contribution in [0.2, 0.25) is 5.02 Å². The van der Waals surface area contributed by atoms with Crippen molar-refractivity contribution in [2.75, 3.05) is 36.1 Å². The predicted molar refractivity (Wildman–Crippen MR) is 201 cm³/mol. The van der Waals surface area contributed by atoms with Gasteiger partial charge in [-0.3, -0.25) is 14.4 Å². The maximum atomic E-state index is 15.2. The fourth-order valence-electron chi connectivity index (χ4n) is 8.33. The maximum absolute atomic E-state index is 15.2. The van der Waals surface area contributed by atoms with E-state index in [1.54, 1.807) is 56.8 Å². The summed E-state index contributed by atoms with van der Waals surface area (Å²) in [5, 5.41) is 11.2. The number of likely N-dealkylation sites (tertiary alicyclic amines) is 1. The number of halogens is 1. The number of aliphatic hydroxyl groups excluding tert-OH is 1. The molecular formula is C40H44ClN3O5S. The van der Waals surface area contributed by atoms with E-state index in [-0.39, 0.29) is 48.6 Å². The predicted octanol–water partition coefficient (Wildman–Crippen LogP) is 6.42. The number of amides is 3. The number of carbonyl (C=O) groups excluding carboxylic acids is 3. The lowest BCUT2D eigenvalue weighted by atomic mass is 9.65. The van der Waals surface area contributed by atoms with Gasteiger partial charge in [0.25, 0.3) is 5.91 Å². The average Bonchev–Trinajstić information content (AvgIpc) is 3.73. The Labute approximate surface area is 303 Å². The van der Waals surface area contributed by atoms with E-state index in [9.17, 15) is 9.90 Å². The topological polar surface area (TPSA) is 90.4 Å². The first kappa shape index (κ1) is 35.8. The molecular weight excluding hydrogens is 670 g/mol. The first-order chi connectivity index (χ1) is 24.2. The van der Waals surface area contributed by atoms with Crippen molar-refractivity contribution in [3.05, 3.63) is 115 Å². The summed E-state index contributed by atoms with van der Waals surface area (Å²) in [4.78, 5) is 50.1. The van der Waals surface area contributed by atoms with E-state index in [1.165, 1.54) is 0 Å². The highest BCUT2D eigenvalue weighted by atomic mass is 35.5. The number of ether oxygens (including phenoxy) is 1. The molecule has 6 rings (SSSR count). The molecule has 0 aromatic heterocycles. The van der Waals surface area contributed by atoms with Crippen LogP contribution >= 0.6 is 23.4 Å².